The topological polar surface area (TPSA) is 43.1 Å². The molecule has 0 unspecified atom stereocenters. The predicted molar refractivity (Wildman–Crippen MR) is 68.0 cm³/mol. The Balaban J connectivity index is 2.21. The molecule has 86 valence electrons. The van der Waals surface area contributed by atoms with Crippen molar-refractivity contribution in [1.82, 2.24) is 0 Å². The average Bonchev–Trinajstić information content (AvgIpc) is 2.29. The third-order valence-electron chi connectivity index (χ3n) is 3.30. The molecule has 1 fully saturated rings. The fourth-order valence-corrected chi connectivity index (χ4v) is 2.90. The molecule has 1 saturated carbocycles. The summed E-state index contributed by atoms with van der Waals surface area (Å²) in [5, 5.41) is 0. The molecule has 2 N–H and O–H groups in total. The maximum absolute atomic E-state index is 11.8. The first-order valence-electron chi connectivity index (χ1n) is 5.73. The fourth-order valence-electron chi connectivity index (χ4n) is 2.35. The summed E-state index contributed by atoms with van der Waals surface area (Å²) < 4.78 is 1.00. The van der Waals surface area contributed by atoms with Gasteiger partial charge in [-0.25, -0.2) is 0 Å². The maximum atomic E-state index is 11.8. The molecule has 0 aromatic heterocycles. The highest BCUT2D eigenvalue weighted by Gasteiger charge is 2.29. The number of nitrogens with two attached hydrogens (primary N) is 1. The lowest BCUT2D eigenvalue weighted by atomic mass is 9.80. The van der Waals surface area contributed by atoms with Gasteiger partial charge in [0.05, 0.1) is 0 Å². The van der Waals surface area contributed by atoms with E-state index in [2.05, 4.69) is 15.9 Å². The molecule has 1 aromatic carbocycles. The Morgan fingerprint density at radius 1 is 1.31 bits per heavy atom. The minimum atomic E-state index is -0.164. The van der Waals surface area contributed by atoms with Crippen molar-refractivity contribution in [1.29, 1.82) is 0 Å². The minimum absolute atomic E-state index is 0.00690. The van der Waals surface area contributed by atoms with Crippen LogP contribution in [0.5, 0.6) is 0 Å². The largest absolute Gasteiger partial charge is 0.323 e. The third kappa shape index (κ3) is 2.36. The van der Waals surface area contributed by atoms with Crippen molar-refractivity contribution in [3.05, 3.63) is 34.3 Å². The number of ketones is 1. The summed E-state index contributed by atoms with van der Waals surface area (Å²) >= 11 is 3.49. The van der Waals surface area contributed by atoms with Crippen LogP contribution in [0.2, 0.25) is 0 Å². The zero-order chi connectivity index (χ0) is 11.5. The molecule has 1 aliphatic carbocycles. The smallest absolute Gasteiger partial charge is 0.137 e. The molecule has 16 heavy (non-hydrogen) atoms. The van der Waals surface area contributed by atoms with Gasteiger partial charge in [0, 0.05) is 22.9 Å². The summed E-state index contributed by atoms with van der Waals surface area (Å²) in [6, 6.07) is 7.73. The summed E-state index contributed by atoms with van der Waals surface area (Å²) in [6.07, 6.45) is 3.77. The lowest BCUT2D eigenvalue weighted by Gasteiger charge is -2.27. The van der Waals surface area contributed by atoms with Crippen LogP contribution in [0.15, 0.2) is 28.7 Å². The van der Waals surface area contributed by atoms with Crippen LogP contribution in [-0.4, -0.2) is 5.78 Å². The van der Waals surface area contributed by atoms with Crippen molar-refractivity contribution in [3.8, 4) is 0 Å². The molecule has 2 nitrogen and oxygen atoms in total. The van der Waals surface area contributed by atoms with E-state index in [1.165, 1.54) is 0 Å². The molecule has 3 heteroatoms. The van der Waals surface area contributed by atoms with Gasteiger partial charge in [-0.2, -0.15) is 0 Å². The molecule has 0 radical (unpaired) electrons. The molecule has 1 aliphatic rings. The van der Waals surface area contributed by atoms with Gasteiger partial charge in [0.2, 0.25) is 0 Å². The number of hydrogen-bond donors (Lipinski definition) is 1. The highest BCUT2D eigenvalue weighted by Crippen LogP contribution is 2.33. The number of hydrogen-bond acceptors (Lipinski definition) is 2. The van der Waals surface area contributed by atoms with Gasteiger partial charge in [-0.1, -0.05) is 40.5 Å². The van der Waals surface area contributed by atoms with Crippen molar-refractivity contribution in [3.63, 3.8) is 0 Å². The van der Waals surface area contributed by atoms with Gasteiger partial charge in [-0.05, 0) is 24.5 Å². The van der Waals surface area contributed by atoms with Crippen LogP contribution in [0.1, 0.15) is 37.3 Å². The second kappa shape index (κ2) is 5.11. The van der Waals surface area contributed by atoms with Gasteiger partial charge in [-0.15, -0.1) is 0 Å². The molecular weight excluding hydrogens is 266 g/mol. The molecule has 2 rings (SSSR count). The first kappa shape index (κ1) is 11.8. The van der Waals surface area contributed by atoms with E-state index in [4.69, 9.17) is 5.73 Å². The van der Waals surface area contributed by atoms with Crippen LogP contribution in [0.4, 0.5) is 0 Å². The fraction of sp³-hybridized carbons (Fsp3) is 0.462. The zero-order valence-electron chi connectivity index (χ0n) is 9.16. The highest BCUT2D eigenvalue weighted by molar-refractivity contribution is 9.10. The van der Waals surface area contributed by atoms with E-state index in [1.54, 1.807) is 0 Å². The van der Waals surface area contributed by atoms with E-state index in [1.807, 2.05) is 24.3 Å². The van der Waals surface area contributed by atoms with Crippen LogP contribution in [0.3, 0.4) is 0 Å². The summed E-state index contributed by atoms with van der Waals surface area (Å²) in [4.78, 5) is 11.8. The van der Waals surface area contributed by atoms with Crippen LogP contribution in [0.25, 0.3) is 0 Å². The Bertz CT molecular complexity index is 391. The van der Waals surface area contributed by atoms with Crippen molar-refractivity contribution < 1.29 is 4.79 Å². The molecular formula is C13H16BrNO. The number of carbonyl (C=O) groups excluding carboxylic acids is 1. The first-order chi connectivity index (χ1) is 7.70. The van der Waals surface area contributed by atoms with E-state index >= 15 is 0 Å². The van der Waals surface area contributed by atoms with Crippen molar-refractivity contribution in [2.24, 2.45) is 11.7 Å². The maximum Gasteiger partial charge on any atom is 0.137 e. The van der Waals surface area contributed by atoms with E-state index in [0.717, 1.165) is 29.3 Å². The van der Waals surface area contributed by atoms with Gasteiger partial charge in [0.1, 0.15) is 5.78 Å². The first-order valence-corrected chi connectivity index (χ1v) is 6.52. The van der Waals surface area contributed by atoms with Gasteiger partial charge < -0.3 is 5.73 Å². The summed E-state index contributed by atoms with van der Waals surface area (Å²) in [6.45, 7) is 0. The summed E-state index contributed by atoms with van der Waals surface area (Å²) in [5.41, 5.74) is 7.25. The van der Waals surface area contributed by atoms with E-state index in [0.29, 0.717) is 12.2 Å². The number of rotatable bonds is 2. The standard InChI is InChI=1S/C13H16BrNO/c14-11-7-3-1-5-9(11)13(15)10-6-2-4-8-12(10)16/h1,3,5,7,10,13H,2,4,6,8,15H2/t10-,13+/m0/s1. The van der Waals surface area contributed by atoms with Crippen LogP contribution < -0.4 is 5.73 Å². The molecule has 0 bridgehead atoms. The molecule has 0 aliphatic heterocycles. The van der Waals surface area contributed by atoms with Crippen LogP contribution in [0, 0.1) is 5.92 Å². The number of halogens is 1. The van der Waals surface area contributed by atoms with Crippen LogP contribution in [-0.2, 0) is 4.79 Å². The van der Waals surface area contributed by atoms with E-state index in [9.17, 15) is 4.79 Å². The second-order valence-corrected chi connectivity index (χ2v) is 5.22. The van der Waals surface area contributed by atoms with E-state index in [-0.39, 0.29) is 12.0 Å². The monoisotopic (exact) mass is 281 g/mol. The minimum Gasteiger partial charge on any atom is -0.323 e. The van der Waals surface area contributed by atoms with Gasteiger partial charge in [0.15, 0.2) is 0 Å². The van der Waals surface area contributed by atoms with Crippen molar-refractivity contribution in [2.45, 2.75) is 31.7 Å². The number of benzene rings is 1. The summed E-state index contributed by atoms with van der Waals surface area (Å²) in [5.74, 6) is 0.335. The molecule has 0 heterocycles. The Morgan fingerprint density at radius 2 is 2.06 bits per heavy atom. The Labute approximate surface area is 104 Å². The van der Waals surface area contributed by atoms with Gasteiger partial charge in [0.25, 0.3) is 0 Å². The molecule has 0 saturated heterocycles. The van der Waals surface area contributed by atoms with Crippen LogP contribution >= 0.6 is 15.9 Å². The number of Topliss-reactive ketones (excluding diaryl/α,β-unsaturated/α-hetero) is 1. The lowest BCUT2D eigenvalue weighted by molar-refractivity contribution is -0.125. The Hall–Kier alpha value is -0.670. The second-order valence-electron chi connectivity index (χ2n) is 4.37. The quantitative estimate of drug-likeness (QED) is 0.905. The van der Waals surface area contributed by atoms with Crippen molar-refractivity contribution >= 4 is 21.7 Å². The predicted octanol–water partition coefficient (Wildman–Crippen LogP) is 3.21. The molecule has 0 amide bonds. The van der Waals surface area contributed by atoms with Crippen molar-refractivity contribution in [2.75, 3.05) is 0 Å². The SMILES string of the molecule is N[C@H](c1ccccc1Br)[C@H]1CCCCC1=O. The third-order valence-corrected chi connectivity index (χ3v) is 4.02. The Morgan fingerprint density at radius 3 is 2.75 bits per heavy atom. The average molecular weight is 282 g/mol. The highest BCUT2D eigenvalue weighted by atomic mass is 79.9. The van der Waals surface area contributed by atoms with E-state index < -0.39 is 0 Å². The zero-order valence-corrected chi connectivity index (χ0v) is 10.7. The summed E-state index contributed by atoms with van der Waals surface area (Å²) in [7, 11) is 0. The molecule has 1 aromatic rings. The molecule has 0 spiro atoms. The normalized spacial score (nSPS) is 23.1. The van der Waals surface area contributed by atoms with Gasteiger partial charge in [-0.3, -0.25) is 4.79 Å². The van der Waals surface area contributed by atoms with Gasteiger partial charge >= 0.3 is 0 Å². The number of carbonyl (C=O) groups is 1. The Kier molecular flexibility index (Phi) is 3.77. The lowest BCUT2D eigenvalue weighted by Crippen LogP contribution is -2.30. The molecule has 2 atom stereocenters.